The van der Waals surface area contributed by atoms with E-state index in [0.717, 1.165) is 6.20 Å². The zero-order chi connectivity index (χ0) is 15.7. The fourth-order valence-electron chi connectivity index (χ4n) is 2.26. The van der Waals surface area contributed by atoms with Gasteiger partial charge in [0.25, 0.3) is 0 Å². The van der Waals surface area contributed by atoms with Crippen molar-refractivity contribution in [1.29, 1.82) is 0 Å². The Balaban J connectivity index is 1.67. The van der Waals surface area contributed by atoms with Crippen molar-refractivity contribution in [1.82, 2.24) is 9.97 Å². The van der Waals surface area contributed by atoms with Crippen molar-refractivity contribution in [3.05, 3.63) is 34.4 Å². The molecule has 22 heavy (non-hydrogen) atoms. The zero-order valence-corrected chi connectivity index (χ0v) is 12.9. The molecule has 9 heteroatoms. The van der Waals surface area contributed by atoms with Gasteiger partial charge < -0.3 is 9.80 Å². The van der Waals surface area contributed by atoms with Crippen LogP contribution in [0.15, 0.2) is 24.5 Å². The quantitative estimate of drug-likeness (QED) is 0.831. The maximum absolute atomic E-state index is 12.6. The summed E-state index contributed by atoms with van der Waals surface area (Å²) in [7, 11) is 0. The molecule has 0 bridgehead atoms. The highest BCUT2D eigenvalue weighted by molar-refractivity contribution is 7.15. The summed E-state index contributed by atoms with van der Waals surface area (Å²) in [5.74, 6) is 0.707. The molecule has 0 aliphatic carbocycles. The highest BCUT2D eigenvalue weighted by Crippen LogP contribution is 2.36. The lowest BCUT2D eigenvalue weighted by Gasteiger charge is -2.35. The second-order valence-corrected chi connectivity index (χ2v) is 6.20. The van der Waals surface area contributed by atoms with Crippen LogP contribution in [0, 0.1) is 0 Å². The summed E-state index contributed by atoms with van der Waals surface area (Å²) >= 11 is 6.79. The summed E-state index contributed by atoms with van der Waals surface area (Å²) in [5.41, 5.74) is 0. The van der Waals surface area contributed by atoms with E-state index in [0.29, 0.717) is 53.5 Å². The summed E-state index contributed by atoms with van der Waals surface area (Å²) in [6, 6.07) is 3.53. The lowest BCUT2D eigenvalue weighted by atomic mass is 10.3. The van der Waals surface area contributed by atoms with E-state index in [-0.39, 0.29) is 0 Å². The molecule has 3 heterocycles. The fourth-order valence-corrected chi connectivity index (χ4v) is 3.34. The van der Waals surface area contributed by atoms with E-state index in [1.807, 2.05) is 9.80 Å². The Bertz CT molecular complexity index is 653. The van der Waals surface area contributed by atoms with Crippen LogP contribution in [0.3, 0.4) is 0 Å². The molecule has 118 valence electrons. The van der Waals surface area contributed by atoms with Crippen LogP contribution in [0.5, 0.6) is 0 Å². The van der Waals surface area contributed by atoms with Crippen molar-refractivity contribution in [2.45, 2.75) is 6.18 Å². The number of alkyl halides is 3. The highest BCUT2D eigenvalue weighted by atomic mass is 35.5. The first kappa shape index (κ1) is 15.4. The van der Waals surface area contributed by atoms with Crippen molar-refractivity contribution in [2.75, 3.05) is 36.0 Å². The summed E-state index contributed by atoms with van der Waals surface area (Å²) in [5, 5.41) is 0.976. The van der Waals surface area contributed by atoms with Crippen LogP contribution in [0.1, 0.15) is 4.88 Å². The van der Waals surface area contributed by atoms with Crippen LogP contribution in [-0.2, 0) is 6.18 Å². The van der Waals surface area contributed by atoms with Crippen LogP contribution < -0.4 is 9.80 Å². The van der Waals surface area contributed by atoms with Crippen molar-refractivity contribution >= 4 is 33.9 Å². The SMILES string of the molecule is FC(F)(F)c1cnc(N2CCN(c3ncccc3Cl)CC2)s1. The van der Waals surface area contributed by atoms with E-state index in [9.17, 15) is 13.2 Å². The van der Waals surface area contributed by atoms with Gasteiger partial charge in [-0.25, -0.2) is 9.97 Å². The van der Waals surface area contributed by atoms with Crippen molar-refractivity contribution in [2.24, 2.45) is 0 Å². The van der Waals surface area contributed by atoms with Gasteiger partial charge in [-0.15, -0.1) is 0 Å². The van der Waals surface area contributed by atoms with Crippen LogP contribution in [0.25, 0.3) is 0 Å². The first-order valence-corrected chi connectivity index (χ1v) is 7.78. The third-order valence-corrected chi connectivity index (χ3v) is 4.76. The Morgan fingerprint density at radius 2 is 1.77 bits per heavy atom. The van der Waals surface area contributed by atoms with Gasteiger partial charge in [0, 0.05) is 32.4 Å². The van der Waals surface area contributed by atoms with Crippen molar-refractivity contribution in [3.63, 3.8) is 0 Å². The minimum Gasteiger partial charge on any atom is -0.352 e. The molecule has 2 aromatic rings. The Labute approximate surface area is 134 Å². The topological polar surface area (TPSA) is 32.3 Å². The maximum Gasteiger partial charge on any atom is 0.427 e. The van der Waals surface area contributed by atoms with Crippen LogP contribution in [0.2, 0.25) is 5.02 Å². The van der Waals surface area contributed by atoms with E-state index in [2.05, 4.69) is 9.97 Å². The molecule has 0 N–H and O–H groups in total. The first-order chi connectivity index (χ1) is 10.4. The number of thiazole rings is 1. The predicted molar refractivity (Wildman–Crippen MR) is 80.8 cm³/mol. The molecule has 2 aromatic heterocycles. The van der Waals surface area contributed by atoms with Gasteiger partial charge in [-0.1, -0.05) is 22.9 Å². The van der Waals surface area contributed by atoms with E-state index in [4.69, 9.17) is 11.6 Å². The molecular formula is C13H12ClF3N4S. The molecule has 0 spiro atoms. The average Bonchev–Trinajstić information content (AvgIpc) is 2.98. The lowest BCUT2D eigenvalue weighted by Crippen LogP contribution is -2.46. The smallest absolute Gasteiger partial charge is 0.352 e. The van der Waals surface area contributed by atoms with Crippen LogP contribution in [0.4, 0.5) is 24.1 Å². The molecule has 3 rings (SSSR count). The molecule has 0 aromatic carbocycles. The standard InChI is InChI=1S/C13H12ClF3N4S/c14-9-2-1-3-18-11(9)20-4-6-21(7-5-20)12-19-8-10(22-12)13(15,16)17/h1-3,8H,4-7H2. The van der Waals surface area contributed by atoms with Gasteiger partial charge >= 0.3 is 6.18 Å². The number of aromatic nitrogens is 2. The largest absolute Gasteiger partial charge is 0.427 e. The number of nitrogens with zero attached hydrogens (tertiary/aromatic N) is 4. The first-order valence-electron chi connectivity index (χ1n) is 6.58. The summed E-state index contributed by atoms with van der Waals surface area (Å²) < 4.78 is 37.9. The Morgan fingerprint density at radius 3 is 2.36 bits per heavy atom. The molecule has 4 nitrogen and oxygen atoms in total. The van der Waals surface area contributed by atoms with Gasteiger partial charge in [0.2, 0.25) is 0 Å². The molecule has 1 fully saturated rings. The second kappa shape index (κ2) is 5.92. The normalized spacial score (nSPS) is 16.2. The molecule has 0 unspecified atom stereocenters. The molecule has 1 aliphatic rings. The fraction of sp³-hybridized carbons (Fsp3) is 0.385. The average molecular weight is 349 g/mol. The van der Waals surface area contributed by atoms with Crippen molar-refractivity contribution in [3.8, 4) is 0 Å². The lowest BCUT2D eigenvalue weighted by molar-refractivity contribution is -0.134. The number of rotatable bonds is 2. The maximum atomic E-state index is 12.6. The zero-order valence-electron chi connectivity index (χ0n) is 11.3. The number of anilines is 2. The Hall–Kier alpha value is -1.54. The number of hydrogen-bond donors (Lipinski definition) is 0. The van der Waals surface area contributed by atoms with Gasteiger partial charge in [-0.2, -0.15) is 13.2 Å². The number of piperazine rings is 1. The Kier molecular flexibility index (Phi) is 4.14. The molecular weight excluding hydrogens is 337 g/mol. The minimum atomic E-state index is -4.33. The third-order valence-electron chi connectivity index (χ3n) is 3.36. The third kappa shape index (κ3) is 3.12. The minimum absolute atomic E-state index is 0.402. The summed E-state index contributed by atoms with van der Waals surface area (Å²) in [6.45, 7) is 2.44. The number of hydrogen-bond acceptors (Lipinski definition) is 5. The molecule has 0 radical (unpaired) electrons. The number of pyridine rings is 1. The van der Waals surface area contributed by atoms with Crippen molar-refractivity contribution < 1.29 is 13.2 Å². The van der Waals surface area contributed by atoms with E-state index >= 15 is 0 Å². The van der Waals surface area contributed by atoms with Gasteiger partial charge in [-0.05, 0) is 12.1 Å². The van der Waals surface area contributed by atoms with Crippen LogP contribution in [-0.4, -0.2) is 36.1 Å². The van der Waals surface area contributed by atoms with E-state index in [1.54, 1.807) is 18.3 Å². The predicted octanol–water partition coefficient (Wildman–Crippen LogP) is 3.54. The van der Waals surface area contributed by atoms with Crippen LogP contribution >= 0.6 is 22.9 Å². The molecule has 0 atom stereocenters. The summed E-state index contributed by atoms with van der Waals surface area (Å²) in [4.78, 5) is 11.3. The second-order valence-electron chi connectivity index (χ2n) is 4.79. The molecule has 0 saturated carbocycles. The van der Waals surface area contributed by atoms with Gasteiger partial charge in [0.1, 0.15) is 10.7 Å². The number of halogens is 4. The monoisotopic (exact) mass is 348 g/mol. The van der Waals surface area contributed by atoms with Gasteiger partial charge in [0.05, 0.1) is 11.2 Å². The molecule has 0 amide bonds. The van der Waals surface area contributed by atoms with E-state index < -0.39 is 11.1 Å². The molecule has 1 aliphatic heterocycles. The summed E-state index contributed by atoms with van der Waals surface area (Å²) in [6.07, 6.45) is -1.77. The Morgan fingerprint density at radius 1 is 1.09 bits per heavy atom. The highest BCUT2D eigenvalue weighted by Gasteiger charge is 2.34. The van der Waals surface area contributed by atoms with Gasteiger partial charge in [-0.3, -0.25) is 0 Å². The molecule has 1 saturated heterocycles. The van der Waals surface area contributed by atoms with Gasteiger partial charge in [0.15, 0.2) is 5.13 Å². The van der Waals surface area contributed by atoms with E-state index in [1.165, 1.54) is 0 Å².